The van der Waals surface area contributed by atoms with Gasteiger partial charge in [-0.05, 0) is 31.2 Å². The summed E-state index contributed by atoms with van der Waals surface area (Å²) >= 11 is 5.99. The average molecular weight is 318 g/mol. The van der Waals surface area contributed by atoms with Gasteiger partial charge in [0, 0.05) is 12.2 Å². The van der Waals surface area contributed by atoms with Crippen LogP contribution in [-0.2, 0) is 14.8 Å². The Kier molecular flexibility index (Phi) is 4.52. The zero-order valence-corrected chi connectivity index (χ0v) is 12.5. The van der Waals surface area contributed by atoms with Gasteiger partial charge in [-0.1, -0.05) is 11.6 Å². The Morgan fingerprint density at radius 2 is 2.20 bits per heavy atom. The first-order valence-electron chi connectivity index (χ1n) is 6.14. The van der Waals surface area contributed by atoms with Crippen LogP contribution in [0, 0.1) is 5.92 Å². The van der Waals surface area contributed by atoms with Crippen LogP contribution in [0.25, 0.3) is 0 Å². The van der Waals surface area contributed by atoms with Crippen molar-refractivity contribution in [3.05, 3.63) is 23.2 Å². The summed E-state index contributed by atoms with van der Waals surface area (Å²) in [6.07, 6.45) is 1.86. The fourth-order valence-corrected chi connectivity index (χ4v) is 2.86. The molecule has 0 radical (unpaired) electrons. The van der Waals surface area contributed by atoms with Crippen molar-refractivity contribution in [2.75, 3.05) is 29.4 Å². The minimum Gasteiger partial charge on any atom is -0.326 e. The van der Waals surface area contributed by atoms with E-state index < -0.39 is 10.0 Å². The second kappa shape index (κ2) is 5.99. The summed E-state index contributed by atoms with van der Waals surface area (Å²) in [5.41, 5.74) is 0.834. The topological polar surface area (TPSA) is 87.3 Å². The van der Waals surface area contributed by atoms with Crippen LogP contribution in [-0.4, -0.2) is 33.7 Å². The van der Waals surface area contributed by atoms with E-state index in [-0.39, 0.29) is 22.5 Å². The highest BCUT2D eigenvalue weighted by Crippen LogP contribution is 2.26. The normalized spacial score (nSPS) is 18.8. The molecule has 1 aromatic rings. The lowest BCUT2D eigenvalue weighted by atomic mass is 10.1. The van der Waals surface area contributed by atoms with Crippen LogP contribution in [0.4, 0.5) is 11.4 Å². The lowest BCUT2D eigenvalue weighted by Crippen LogP contribution is -2.24. The van der Waals surface area contributed by atoms with Crippen molar-refractivity contribution in [2.24, 2.45) is 5.92 Å². The van der Waals surface area contributed by atoms with Gasteiger partial charge in [-0.3, -0.25) is 9.52 Å². The molecule has 8 heteroatoms. The van der Waals surface area contributed by atoms with Crippen LogP contribution in [0.3, 0.4) is 0 Å². The van der Waals surface area contributed by atoms with E-state index in [1.165, 1.54) is 12.1 Å². The molecular formula is C12H16ClN3O3S. The predicted molar refractivity (Wildman–Crippen MR) is 79.5 cm³/mol. The summed E-state index contributed by atoms with van der Waals surface area (Å²) in [5.74, 6) is -0.0996. The Balaban J connectivity index is 2.07. The van der Waals surface area contributed by atoms with E-state index in [0.717, 1.165) is 19.2 Å². The first kappa shape index (κ1) is 15.1. The monoisotopic (exact) mass is 317 g/mol. The maximum Gasteiger partial charge on any atom is 0.229 e. The molecule has 1 unspecified atom stereocenters. The fourth-order valence-electron chi connectivity index (χ4n) is 2.00. The highest BCUT2D eigenvalue weighted by Gasteiger charge is 2.22. The number of carbonyl (C=O) groups excluding carboxylic acids is 1. The largest absolute Gasteiger partial charge is 0.326 e. The van der Waals surface area contributed by atoms with Gasteiger partial charge in [-0.15, -0.1) is 0 Å². The van der Waals surface area contributed by atoms with Gasteiger partial charge >= 0.3 is 0 Å². The molecule has 6 nitrogen and oxygen atoms in total. The summed E-state index contributed by atoms with van der Waals surface area (Å²) in [4.78, 5) is 11.9. The van der Waals surface area contributed by atoms with Crippen LogP contribution < -0.4 is 15.4 Å². The van der Waals surface area contributed by atoms with E-state index in [4.69, 9.17) is 11.6 Å². The van der Waals surface area contributed by atoms with Gasteiger partial charge in [0.05, 0.1) is 22.9 Å². The van der Waals surface area contributed by atoms with Crippen LogP contribution in [0.15, 0.2) is 18.2 Å². The SMILES string of the molecule is CS(=O)(=O)Nc1ccc(NC(=O)C2CCNC2)cc1Cl. The summed E-state index contributed by atoms with van der Waals surface area (Å²) in [6, 6.07) is 4.65. The molecule has 1 aliphatic heterocycles. The molecule has 1 atom stereocenters. The number of benzene rings is 1. The van der Waals surface area contributed by atoms with Gasteiger partial charge < -0.3 is 10.6 Å². The molecule has 0 bridgehead atoms. The summed E-state index contributed by atoms with van der Waals surface area (Å²) in [7, 11) is -3.38. The molecule has 1 fully saturated rings. The molecule has 3 N–H and O–H groups in total. The molecule has 20 heavy (non-hydrogen) atoms. The molecule has 1 aromatic carbocycles. The van der Waals surface area contributed by atoms with Crippen LogP contribution in [0.2, 0.25) is 5.02 Å². The van der Waals surface area contributed by atoms with E-state index in [1.807, 2.05) is 0 Å². The molecule has 0 spiro atoms. The number of hydrogen-bond acceptors (Lipinski definition) is 4. The number of sulfonamides is 1. The third kappa shape index (κ3) is 4.09. The molecule has 0 aliphatic carbocycles. The minimum atomic E-state index is -3.38. The highest BCUT2D eigenvalue weighted by atomic mass is 35.5. The van der Waals surface area contributed by atoms with Crippen molar-refractivity contribution in [2.45, 2.75) is 6.42 Å². The molecule has 0 aromatic heterocycles. The summed E-state index contributed by atoms with van der Waals surface area (Å²) < 4.78 is 24.6. The van der Waals surface area contributed by atoms with Crippen LogP contribution in [0.5, 0.6) is 0 Å². The van der Waals surface area contributed by atoms with Gasteiger partial charge in [0.1, 0.15) is 0 Å². The zero-order chi connectivity index (χ0) is 14.8. The van der Waals surface area contributed by atoms with Crippen molar-refractivity contribution < 1.29 is 13.2 Å². The minimum absolute atomic E-state index is 0.0393. The Morgan fingerprint density at radius 3 is 2.75 bits per heavy atom. The maximum absolute atomic E-state index is 11.9. The molecular weight excluding hydrogens is 302 g/mol. The summed E-state index contributed by atoms with van der Waals surface area (Å²) in [6.45, 7) is 1.52. The number of halogens is 1. The molecule has 2 rings (SSSR count). The smallest absolute Gasteiger partial charge is 0.229 e. The van der Waals surface area contributed by atoms with E-state index >= 15 is 0 Å². The van der Waals surface area contributed by atoms with E-state index in [9.17, 15) is 13.2 Å². The standard InChI is InChI=1S/C12H16ClN3O3S/c1-20(18,19)16-11-3-2-9(6-10(11)13)15-12(17)8-4-5-14-7-8/h2-3,6,8,14,16H,4-5,7H2,1H3,(H,15,17). The third-order valence-electron chi connectivity index (χ3n) is 2.96. The van der Waals surface area contributed by atoms with E-state index in [1.54, 1.807) is 6.07 Å². The predicted octanol–water partition coefficient (Wildman–Crippen LogP) is 1.26. The number of amides is 1. The zero-order valence-electron chi connectivity index (χ0n) is 10.9. The van der Waals surface area contributed by atoms with Crippen LogP contribution >= 0.6 is 11.6 Å². The molecule has 110 valence electrons. The van der Waals surface area contributed by atoms with Crippen LogP contribution in [0.1, 0.15) is 6.42 Å². The lowest BCUT2D eigenvalue weighted by molar-refractivity contribution is -0.119. The molecule has 1 amide bonds. The number of nitrogens with one attached hydrogen (secondary N) is 3. The second-order valence-electron chi connectivity index (χ2n) is 4.75. The van der Waals surface area contributed by atoms with Gasteiger partial charge in [0.15, 0.2) is 0 Å². The van der Waals surface area contributed by atoms with Gasteiger partial charge in [-0.2, -0.15) is 0 Å². The number of carbonyl (C=O) groups is 1. The quantitative estimate of drug-likeness (QED) is 0.780. The molecule has 1 heterocycles. The van der Waals surface area contributed by atoms with Gasteiger partial charge in [-0.25, -0.2) is 8.42 Å². The summed E-state index contributed by atoms with van der Waals surface area (Å²) in [5, 5.41) is 6.13. The fraction of sp³-hybridized carbons (Fsp3) is 0.417. The van der Waals surface area contributed by atoms with E-state index in [0.29, 0.717) is 12.2 Å². The Morgan fingerprint density at radius 1 is 1.45 bits per heavy atom. The first-order valence-corrected chi connectivity index (χ1v) is 8.41. The van der Waals surface area contributed by atoms with Crippen molar-refractivity contribution in [3.8, 4) is 0 Å². The highest BCUT2D eigenvalue weighted by molar-refractivity contribution is 7.92. The van der Waals surface area contributed by atoms with Crippen molar-refractivity contribution >= 4 is 38.9 Å². The first-order chi connectivity index (χ1) is 9.35. The average Bonchev–Trinajstić information content (AvgIpc) is 2.85. The van der Waals surface area contributed by atoms with Gasteiger partial charge in [0.2, 0.25) is 15.9 Å². The molecule has 1 aliphatic rings. The lowest BCUT2D eigenvalue weighted by Gasteiger charge is -2.12. The van der Waals surface area contributed by atoms with Crippen molar-refractivity contribution in [3.63, 3.8) is 0 Å². The second-order valence-corrected chi connectivity index (χ2v) is 6.90. The van der Waals surface area contributed by atoms with Gasteiger partial charge in [0.25, 0.3) is 0 Å². The third-order valence-corrected chi connectivity index (χ3v) is 3.87. The van der Waals surface area contributed by atoms with E-state index in [2.05, 4.69) is 15.4 Å². The maximum atomic E-state index is 11.9. The van der Waals surface area contributed by atoms with Crippen molar-refractivity contribution in [1.82, 2.24) is 5.32 Å². The Hall–Kier alpha value is -1.31. The number of hydrogen-bond donors (Lipinski definition) is 3. The Labute approximate surface area is 122 Å². The van der Waals surface area contributed by atoms with Crippen molar-refractivity contribution in [1.29, 1.82) is 0 Å². The molecule has 1 saturated heterocycles. The molecule has 0 saturated carbocycles. The number of anilines is 2. The Bertz CT molecular complexity index is 612. The number of rotatable bonds is 4.